The maximum atomic E-state index is 13.1. The van der Waals surface area contributed by atoms with Crippen LogP contribution < -0.4 is 15.9 Å². The van der Waals surface area contributed by atoms with Gasteiger partial charge in [-0.15, -0.1) is 0 Å². The van der Waals surface area contributed by atoms with Crippen molar-refractivity contribution in [2.24, 2.45) is 0 Å². The lowest BCUT2D eigenvalue weighted by Gasteiger charge is -2.14. The molecule has 0 bridgehead atoms. The Labute approximate surface area is 146 Å². The summed E-state index contributed by atoms with van der Waals surface area (Å²) in [5, 5.41) is 13.4. The first-order chi connectivity index (χ1) is 12.6. The number of hydrogen-bond donors (Lipinski definition) is 1. The Morgan fingerprint density at radius 2 is 1.58 bits per heavy atom. The first-order valence-electron chi connectivity index (χ1n) is 8.00. The molecule has 0 saturated carbocycles. The number of benzene rings is 3. The van der Waals surface area contributed by atoms with Gasteiger partial charge in [-0.3, -0.25) is 9.59 Å². The third-order valence-electron chi connectivity index (χ3n) is 4.81. The van der Waals surface area contributed by atoms with Gasteiger partial charge in [0.05, 0.1) is 23.7 Å². The standard InChI is InChI=1S/C20H12N2O4/c1-26-11-4-2-10(3-5-11)22-19(24)13-7-6-12-17-15(21-18(12)23)9-8-14(16(13)17)20(22)25/h2-9,25H,1H3. The van der Waals surface area contributed by atoms with Crippen LogP contribution in [0.3, 0.4) is 0 Å². The van der Waals surface area contributed by atoms with Crippen LogP contribution in [0.1, 0.15) is 0 Å². The minimum absolute atomic E-state index is 0.171. The van der Waals surface area contributed by atoms with Crippen molar-refractivity contribution in [3.05, 3.63) is 69.2 Å². The third kappa shape index (κ3) is 1.73. The molecule has 0 atom stereocenters. The van der Waals surface area contributed by atoms with Gasteiger partial charge in [-0.2, -0.15) is 0 Å². The Balaban J connectivity index is 1.96. The van der Waals surface area contributed by atoms with Gasteiger partial charge in [0, 0.05) is 21.5 Å². The number of methoxy groups -OCH3 is 1. The lowest BCUT2D eigenvalue weighted by atomic mass is 10.00. The van der Waals surface area contributed by atoms with Gasteiger partial charge in [0.25, 0.3) is 11.1 Å². The van der Waals surface area contributed by atoms with Gasteiger partial charge in [-0.25, -0.2) is 9.55 Å². The molecule has 2 heterocycles. The van der Waals surface area contributed by atoms with Gasteiger partial charge in [0.2, 0.25) is 5.88 Å². The monoisotopic (exact) mass is 344 g/mol. The smallest absolute Gasteiger partial charge is 0.278 e. The molecule has 3 aromatic carbocycles. The molecule has 0 saturated heterocycles. The molecule has 6 heteroatoms. The van der Waals surface area contributed by atoms with Crippen molar-refractivity contribution in [3.8, 4) is 17.3 Å². The second kappa shape index (κ2) is 4.92. The van der Waals surface area contributed by atoms with E-state index in [0.717, 1.165) is 0 Å². The summed E-state index contributed by atoms with van der Waals surface area (Å²) in [6, 6.07) is 13.5. The lowest BCUT2D eigenvalue weighted by molar-refractivity contribution is 0.414. The Kier molecular flexibility index (Phi) is 2.77. The number of hydrogen-bond acceptors (Lipinski definition) is 5. The number of pyridine rings is 1. The molecule has 6 nitrogen and oxygen atoms in total. The zero-order valence-corrected chi connectivity index (χ0v) is 13.7. The van der Waals surface area contributed by atoms with Crippen molar-refractivity contribution in [1.82, 2.24) is 9.55 Å². The topological polar surface area (TPSA) is 81.4 Å². The van der Waals surface area contributed by atoms with Crippen LogP contribution in [0.2, 0.25) is 0 Å². The van der Waals surface area contributed by atoms with Crippen LogP contribution in [0.4, 0.5) is 0 Å². The van der Waals surface area contributed by atoms with Crippen LogP contribution >= 0.6 is 0 Å². The van der Waals surface area contributed by atoms with E-state index in [1.807, 2.05) is 0 Å². The minimum atomic E-state index is -0.358. The van der Waals surface area contributed by atoms with Gasteiger partial charge in [0.1, 0.15) is 5.75 Å². The molecule has 1 N–H and O–H groups in total. The fraction of sp³-hybridized carbons (Fsp3) is 0.0500. The molecule has 0 aliphatic rings. The summed E-state index contributed by atoms with van der Waals surface area (Å²) < 4.78 is 6.40. The average molecular weight is 344 g/mol. The summed E-state index contributed by atoms with van der Waals surface area (Å²) in [5.41, 5.74) is 0.372. The van der Waals surface area contributed by atoms with Crippen LogP contribution in [0.15, 0.2) is 58.1 Å². The molecule has 0 aliphatic heterocycles. The Hall–Kier alpha value is -3.67. The summed E-state index contributed by atoms with van der Waals surface area (Å²) in [7, 11) is 1.56. The molecular formula is C20H12N2O4. The minimum Gasteiger partial charge on any atom is -0.497 e. The van der Waals surface area contributed by atoms with E-state index in [1.165, 1.54) is 4.57 Å². The SMILES string of the molecule is COc1ccc(-n2c(O)c3ccc4nc(=O)c5ccc(c2=O)c3c45)cc1. The van der Waals surface area contributed by atoms with E-state index >= 15 is 0 Å². The first kappa shape index (κ1) is 14.7. The lowest BCUT2D eigenvalue weighted by Crippen LogP contribution is -2.18. The van der Waals surface area contributed by atoms with Gasteiger partial charge in [-0.1, -0.05) is 0 Å². The first-order valence-corrected chi connectivity index (χ1v) is 8.00. The molecule has 2 aromatic heterocycles. The fourth-order valence-corrected chi connectivity index (χ4v) is 3.59. The zero-order chi connectivity index (χ0) is 18.0. The van der Waals surface area contributed by atoms with Crippen molar-refractivity contribution in [2.45, 2.75) is 0 Å². The zero-order valence-electron chi connectivity index (χ0n) is 13.7. The van der Waals surface area contributed by atoms with E-state index < -0.39 is 0 Å². The summed E-state index contributed by atoms with van der Waals surface area (Å²) in [4.78, 5) is 29.1. The highest BCUT2D eigenvalue weighted by Crippen LogP contribution is 2.36. The molecule has 126 valence electrons. The molecule has 26 heavy (non-hydrogen) atoms. The third-order valence-corrected chi connectivity index (χ3v) is 4.81. The highest BCUT2D eigenvalue weighted by molar-refractivity contribution is 6.23. The molecule has 0 unspecified atom stereocenters. The van der Waals surface area contributed by atoms with Gasteiger partial charge in [0.15, 0.2) is 0 Å². The number of aromatic hydroxyl groups is 1. The predicted octanol–water partition coefficient (Wildman–Crippen LogP) is 2.64. The number of ether oxygens (including phenoxy) is 1. The normalized spacial score (nSPS) is 11.7. The van der Waals surface area contributed by atoms with E-state index in [-0.39, 0.29) is 17.0 Å². The summed E-state index contributed by atoms with van der Waals surface area (Å²) in [5.74, 6) is 0.483. The largest absolute Gasteiger partial charge is 0.497 e. The van der Waals surface area contributed by atoms with Gasteiger partial charge < -0.3 is 9.84 Å². The van der Waals surface area contributed by atoms with Gasteiger partial charge >= 0.3 is 0 Å². The summed E-state index contributed by atoms with van der Waals surface area (Å²) in [6.07, 6.45) is 0. The van der Waals surface area contributed by atoms with E-state index in [2.05, 4.69) is 4.98 Å². The van der Waals surface area contributed by atoms with Crippen LogP contribution in [-0.2, 0) is 0 Å². The molecule has 0 aliphatic carbocycles. The van der Waals surface area contributed by atoms with E-state index in [4.69, 9.17) is 4.74 Å². The highest BCUT2D eigenvalue weighted by atomic mass is 16.5. The van der Waals surface area contributed by atoms with Crippen molar-refractivity contribution < 1.29 is 9.84 Å². The quantitative estimate of drug-likeness (QED) is 0.532. The summed E-state index contributed by atoms with van der Waals surface area (Å²) >= 11 is 0. The molecular weight excluding hydrogens is 332 g/mol. The number of rotatable bonds is 2. The van der Waals surface area contributed by atoms with Crippen molar-refractivity contribution in [3.63, 3.8) is 0 Å². The van der Waals surface area contributed by atoms with E-state index in [9.17, 15) is 14.7 Å². The number of aromatic nitrogens is 2. The summed E-state index contributed by atoms with van der Waals surface area (Å²) in [6.45, 7) is 0. The van der Waals surface area contributed by atoms with Crippen molar-refractivity contribution in [1.29, 1.82) is 0 Å². The second-order valence-corrected chi connectivity index (χ2v) is 6.12. The van der Waals surface area contributed by atoms with Crippen molar-refractivity contribution in [2.75, 3.05) is 7.11 Å². The van der Waals surface area contributed by atoms with Crippen LogP contribution in [0.5, 0.6) is 11.6 Å². The second-order valence-electron chi connectivity index (χ2n) is 6.12. The fourth-order valence-electron chi connectivity index (χ4n) is 3.59. The Morgan fingerprint density at radius 1 is 0.885 bits per heavy atom. The van der Waals surface area contributed by atoms with E-state index in [1.54, 1.807) is 55.6 Å². The average Bonchev–Trinajstić information content (AvgIpc) is 2.99. The Morgan fingerprint density at radius 3 is 2.31 bits per heavy atom. The van der Waals surface area contributed by atoms with Crippen molar-refractivity contribution >= 4 is 32.4 Å². The molecule has 5 aromatic rings. The molecule has 0 fully saturated rings. The molecule has 5 rings (SSSR count). The predicted molar refractivity (Wildman–Crippen MR) is 99.2 cm³/mol. The van der Waals surface area contributed by atoms with E-state index in [0.29, 0.717) is 43.9 Å². The highest BCUT2D eigenvalue weighted by Gasteiger charge is 2.20. The molecule has 0 amide bonds. The van der Waals surface area contributed by atoms with Crippen LogP contribution in [0.25, 0.3) is 38.1 Å². The molecule has 0 spiro atoms. The van der Waals surface area contributed by atoms with Gasteiger partial charge in [-0.05, 0) is 48.5 Å². The number of nitrogens with zero attached hydrogens (tertiary/aromatic N) is 2. The van der Waals surface area contributed by atoms with Crippen LogP contribution in [-0.4, -0.2) is 21.8 Å². The maximum Gasteiger partial charge on any atom is 0.278 e. The Bertz CT molecular complexity index is 1400. The maximum absolute atomic E-state index is 13.1. The molecule has 0 radical (unpaired) electrons. The van der Waals surface area contributed by atoms with Crippen LogP contribution in [0, 0.1) is 0 Å².